The third kappa shape index (κ3) is 5.29. The van der Waals surface area contributed by atoms with Crippen molar-refractivity contribution in [3.8, 4) is 22.8 Å². The van der Waals surface area contributed by atoms with Gasteiger partial charge in [-0.1, -0.05) is 0 Å². The summed E-state index contributed by atoms with van der Waals surface area (Å²) in [6.45, 7) is 1.62. The number of halogens is 2. The molecule has 1 unspecified atom stereocenters. The molecule has 2 aromatic heterocycles. The van der Waals surface area contributed by atoms with Gasteiger partial charge in [0.05, 0.1) is 35.7 Å². The van der Waals surface area contributed by atoms with Crippen LogP contribution in [0.2, 0.25) is 0 Å². The first-order chi connectivity index (χ1) is 20.5. The summed E-state index contributed by atoms with van der Waals surface area (Å²) in [6, 6.07) is 10.4. The quantitative estimate of drug-likeness (QED) is 0.238. The maximum Gasteiger partial charge on any atom is 0.251 e. The van der Waals surface area contributed by atoms with Crippen LogP contribution in [0.3, 0.4) is 0 Å². The van der Waals surface area contributed by atoms with Gasteiger partial charge in [0.1, 0.15) is 34.2 Å². The summed E-state index contributed by atoms with van der Waals surface area (Å²) in [7, 11) is 1.49. The van der Waals surface area contributed by atoms with E-state index in [4.69, 9.17) is 15.2 Å². The predicted molar refractivity (Wildman–Crippen MR) is 157 cm³/mol. The van der Waals surface area contributed by atoms with E-state index in [9.17, 15) is 19.1 Å². The van der Waals surface area contributed by atoms with Crippen LogP contribution in [-0.4, -0.2) is 52.8 Å². The van der Waals surface area contributed by atoms with Crippen molar-refractivity contribution in [3.05, 3.63) is 70.1 Å². The Bertz CT molecular complexity index is 1740. The number of methoxy groups -OCH3 is 1. The summed E-state index contributed by atoms with van der Waals surface area (Å²) >= 11 is 1.41. The molecular formula is C31H30F2N4O5S. The van der Waals surface area contributed by atoms with Gasteiger partial charge in [-0.3, -0.25) is 9.59 Å². The van der Waals surface area contributed by atoms with Gasteiger partial charge in [0.15, 0.2) is 5.60 Å². The average molecular weight is 609 g/mol. The summed E-state index contributed by atoms with van der Waals surface area (Å²) in [5.41, 5.74) is 3.51. The highest BCUT2D eigenvalue weighted by Crippen LogP contribution is 2.54. The number of aliphatic hydroxyl groups is 1. The Hall–Kier alpha value is -4.16. The number of rotatable bonds is 10. The molecule has 224 valence electrons. The molecule has 4 aromatic rings. The van der Waals surface area contributed by atoms with E-state index in [1.54, 1.807) is 18.2 Å². The zero-order valence-electron chi connectivity index (χ0n) is 23.6. The molecule has 43 heavy (non-hydrogen) atoms. The van der Waals surface area contributed by atoms with Crippen LogP contribution in [0.4, 0.5) is 8.78 Å². The highest BCUT2D eigenvalue weighted by Gasteiger charge is 2.62. The molecule has 2 aromatic carbocycles. The molecule has 9 nitrogen and oxygen atoms in total. The molecule has 2 aliphatic rings. The maximum atomic E-state index is 16.1. The van der Waals surface area contributed by atoms with Gasteiger partial charge in [-0.05, 0) is 68.7 Å². The number of fused-ring (bicyclic) bond motifs is 2. The van der Waals surface area contributed by atoms with E-state index in [0.29, 0.717) is 40.3 Å². The van der Waals surface area contributed by atoms with Crippen molar-refractivity contribution in [1.82, 2.24) is 15.3 Å². The van der Waals surface area contributed by atoms with E-state index >= 15 is 4.39 Å². The number of nitrogens with one attached hydrogen (secondary N) is 1. The molecular weight excluding hydrogens is 578 g/mol. The third-order valence-electron chi connectivity index (χ3n) is 8.13. The number of ether oxygens (including phenoxy) is 2. The molecule has 2 amide bonds. The van der Waals surface area contributed by atoms with Crippen molar-refractivity contribution in [1.29, 1.82) is 0 Å². The fourth-order valence-electron chi connectivity index (χ4n) is 5.56. The largest absolute Gasteiger partial charge is 0.494 e. The van der Waals surface area contributed by atoms with Crippen molar-refractivity contribution in [3.63, 3.8) is 0 Å². The zero-order chi connectivity index (χ0) is 30.5. The van der Waals surface area contributed by atoms with Gasteiger partial charge in [-0.25, -0.2) is 18.7 Å². The Kier molecular flexibility index (Phi) is 7.29. The summed E-state index contributed by atoms with van der Waals surface area (Å²) in [5, 5.41) is 15.6. The Morgan fingerprint density at radius 1 is 1.23 bits per heavy atom. The molecule has 0 spiro atoms. The first-order valence-corrected chi connectivity index (χ1v) is 14.7. The molecule has 6 rings (SSSR count). The number of alkyl halides is 1. The monoisotopic (exact) mass is 608 g/mol. The van der Waals surface area contributed by atoms with Crippen molar-refractivity contribution in [2.45, 2.75) is 49.8 Å². The number of aryl methyl sites for hydroxylation is 1. The Morgan fingerprint density at radius 3 is 2.65 bits per heavy atom. The van der Waals surface area contributed by atoms with Crippen LogP contribution in [0, 0.1) is 12.7 Å². The van der Waals surface area contributed by atoms with Crippen LogP contribution >= 0.6 is 11.3 Å². The smallest absolute Gasteiger partial charge is 0.251 e. The summed E-state index contributed by atoms with van der Waals surface area (Å²) < 4.78 is 42.0. The first-order valence-electron chi connectivity index (χ1n) is 13.9. The molecule has 0 radical (unpaired) electrons. The van der Waals surface area contributed by atoms with Gasteiger partial charge in [0.25, 0.3) is 5.91 Å². The molecule has 1 fully saturated rings. The van der Waals surface area contributed by atoms with E-state index in [1.807, 2.05) is 6.92 Å². The predicted octanol–water partition coefficient (Wildman–Crippen LogP) is 4.68. The van der Waals surface area contributed by atoms with E-state index in [2.05, 4.69) is 15.3 Å². The minimum atomic E-state index is -2.20. The topological polar surface area (TPSA) is 137 Å². The van der Waals surface area contributed by atoms with Gasteiger partial charge in [0, 0.05) is 29.0 Å². The van der Waals surface area contributed by atoms with Gasteiger partial charge in [-0.2, -0.15) is 0 Å². The minimum Gasteiger partial charge on any atom is -0.494 e. The highest BCUT2D eigenvalue weighted by atomic mass is 32.1. The number of carbonyl (C=O) groups is 2. The molecule has 1 saturated carbocycles. The Labute approximate surface area is 250 Å². The summed E-state index contributed by atoms with van der Waals surface area (Å²) in [5.74, 6) is -0.863. The number of thiazole rings is 1. The van der Waals surface area contributed by atoms with Crippen LogP contribution in [0.25, 0.3) is 21.5 Å². The van der Waals surface area contributed by atoms with Crippen molar-refractivity contribution >= 4 is 33.4 Å². The van der Waals surface area contributed by atoms with Gasteiger partial charge < -0.3 is 25.6 Å². The van der Waals surface area contributed by atoms with E-state index in [0.717, 1.165) is 9.71 Å². The number of primary amides is 1. The lowest BCUT2D eigenvalue weighted by Crippen LogP contribution is -2.49. The normalized spacial score (nSPS) is 18.0. The van der Waals surface area contributed by atoms with Crippen LogP contribution in [0.15, 0.2) is 42.5 Å². The second kappa shape index (κ2) is 10.8. The molecule has 3 heterocycles. The van der Waals surface area contributed by atoms with Gasteiger partial charge in [-0.15, -0.1) is 11.3 Å². The SMILES string of the molecule is COc1cc(C(=O)NCC(O)(c2cc3c(c(-c4ccc(F)cc4)n2)OC[C@H]3CCC(N)=O)C2(F)CC2)cc2sc(C)nc12. The fraction of sp³-hybridized carbons (Fsp3) is 0.355. The minimum absolute atomic E-state index is 0.00608. The van der Waals surface area contributed by atoms with Crippen LogP contribution in [-0.2, 0) is 10.4 Å². The van der Waals surface area contributed by atoms with E-state index < -0.39 is 35.4 Å². The number of nitrogens with two attached hydrogens (primary N) is 1. The zero-order valence-corrected chi connectivity index (χ0v) is 24.4. The average Bonchev–Trinajstić information content (AvgIpc) is 3.43. The van der Waals surface area contributed by atoms with Gasteiger partial charge >= 0.3 is 0 Å². The fourth-order valence-corrected chi connectivity index (χ4v) is 6.44. The van der Waals surface area contributed by atoms with Crippen LogP contribution in [0.5, 0.6) is 11.5 Å². The molecule has 1 aliphatic carbocycles. The number of hydrogen-bond donors (Lipinski definition) is 3. The van der Waals surface area contributed by atoms with Gasteiger partial charge in [0.2, 0.25) is 5.91 Å². The number of benzene rings is 2. The second-order valence-electron chi connectivity index (χ2n) is 11.1. The molecule has 1 aliphatic heterocycles. The lowest BCUT2D eigenvalue weighted by Gasteiger charge is -2.32. The lowest BCUT2D eigenvalue weighted by atomic mass is 9.86. The summed E-state index contributed by atoms with van der Waals surface area (Å²) in [6.07, 6.45) is 0.639. The highest BCUT2D eigenvalue weighted by molar-refractivity contribution is 7.18. The standard InChI is InChI=1S/C31H30F2N4O5S/c1-16-36-27-22(41-2)11-19(12-23(27)43-16)29(39)35-15-31(40,30(33)9-10-30)24-13-21-18(5-8-25(34)38)14-42-28(21)26(37-24)17-3-6-20(32)7-4-17/h3-4,6-7,11-13,18,40H,5,8-10,14-15H2,1-2H3,(H2,34,38)(H,35,39)/t18-,31?/m1/s1. The van der Waals surface area contributed by atoms with E-state index in [-0.39, 0.29) is 43.0 Å². The lowest BCUT2D eigenvalue weighted by molar-refractivity contribution is -0.118. The number of pyridine rings is 1. The second-order valence-corrected chi connectivity index (χ2v) is 12.3. The van der Waals surface area contributed by atoms with Crippen molar-refractivity contribution < 1.29 is 33.0 Å². The van der Waals surface area contributed by atoms with Crippen LogP contribution < -0.4 is 20.5 Å². The molecule has 12 heteroatoms. The number of carbonyl (C=O) groups excluding carboxylic acids is 2. The number of amides is 2. The van der Waals surface area contributed by atoms with Crippen molar-refractivity contribution in [2.24, 2.45) is 5.73 Å². The molecule has 0 bridgehead atoms. The number of hydrogen-bond acceptors (Lipinski definition) is 8. The number of nitrogens with zero attached hydrogens (tertiary/aromatic N) is 2. The number of aromatic nitrogens is 2. The molecule has 2 atom stereocenters. The third-order valence-corrected chi connectivity index (χ3v) is 9.05. The molecule has 0 saturated heterocycles. The van der Waals surface area contributed by atoms with Crippen LogP contribution in [0.1, 0.15) is 58.2 Å². The first kappa shape index (κ1) is 28.9. The molecule has 4 N–H and O–H groups in total. The van der Waals surface area contributed by atoms with E-state index in [1.165, 1.54) is 42.7 Å². The van der Waals surface area contributed by atoms with Crippen molar-refractivity contribution in [2.75, 3.05) is 20.3 Å². The Balaban J connectivity index is 1.38. The Morgan fingerprint density at radius 2 is 1.98 bits per heavy atom. The maximum absolute atomic E-state index is 16.1. The summed E-state index contributed by atoms with van der Waals surface area (Å²) in [4.78, 5) is 34.0.